The zero-order valence-corrected chi connectivity index (χ0v) is 20.2. The van der Waals surface area contributed by atoms with Crippen molar-refractivity contribution in [2.24, 2.45) is 0 Å². The van der Waals surface area contributed by atoms with E-state index in [-0.39, 0.29) is 16.7 Å². The zero-order valence-electron chi connectivity index (χ0n) is 18.2. The summed E-state index contributed by atoms with van der Waals surface area (Å²) < 4.78 is 18.2. The molecule has 8 heteroatoms. The molecule has 0 aromatic rings. The smallest absolute Gasteiger partial charge is 0.192 e. The Morgan fingerprint density at radius 3 is 1.69 bits per heavy atom. The second-order valence-corrected chi connectivity index (χ2v) is 20.0. The maximum Gasteiger partial charge on any atom is 0.192 e. The molecular weight excluding hydrogens is 368 g/mol. The fraction of sp³-hybridized carbons (Fsp3) is 1.00. The van der Waals surface area contributed by atoms with Crippen LogP contribution >= 0.6 is 0 Å². The fourth-order valence-corrected chi connectivity index (χ4v) is 4.56. The van der Waals surface area contributed by atoms with Crippen molar-refractivity contribution in [3.05, 3.63) is 0 Å². The van der Waals surface area contributed by atoms with Crippen LogP contribution in [0, 0.1) is 0 Å². The molecule has 1 aliphatic heterocycles. The first kappa shape index (κ1) is 24.2. The van der Waals surface area contributed by atoms with E-state index >= 15 is 0 Å². The molecule has 1 fully saturated rings. The lowest BCUT2D eigenvalue weighted by Crippen LogP contribution is -2.63. The van der Waals surface area contributed by atoms with Crippen molar-refractivity contribution in [3.63, 3.8) is 0 Å². The SMILES string of the molecule is CC(C)(C)[Si](C)(C)OC[C@H]1O[C@@H](O)[C@H](O)[C@@H](O)[C@@H]1O[Si](C)(C)C(C)(C)C. The Morgan fingerprint density at radius 1 is 0.808 bits per heavy atom. The van der Waals surface area contributed by atoms with E-state index in [1.165, 1.54) is 0 Å². The first-order valence-corrected chi connectivity index (χ1v) is 15.2. The molecule has 0 saturated carbocycles. The molecule has 0 bridgehead atoms. The van der Waals surface area contributed by atoms with Crippen molar-refractivity contribution in [1.29, 1.82) is 0 Å². The Hall–Kier alpha value is 0.194. The van der Waals surface area contributed by atoms with Gasteiger partial charge in [-0.05, 0) is 36.3 Å². The van der Waals surface area contributed by atoms with Crippen LogP contribution in [-0.2, 0) is 13.6 Å². The molecule has 1 rings (SSSR count). The number of hydrogen-bond donors (Lipinski definition) is 3. The maximum absolute atomic E-state index is 10.6. The van der Waals surface area contributed by atoms with Crippen LogP contribution in [0.15, 0.2) is 0 Å². The highest BCUT2D eigenvalue weighted by Crippen LogP contribution is 2.40. The summed E-state index contributed by atoms with van der Waals surface area (Å²) in [5.74, 6) is 0. The normalized spacial score (nSPS) is 32.0. The molecule has 1 heterocycles. The highest BCUT2D eigenvalue weighted by Gasteiger charge is 2.50. The second kappa shape index (κ2) is 7.90. The van der Waals surface area contributed by atoms with Gasteiger partial charge in [-0.25, -0.2) is 0 Å². The van der Waals surface area contributed by atoms with Crippen LogP contribution in [-0.4, -0.2) is 69.3 Å². The lowest BCUT2D eigenvalue weighted by atomic mass is 9.99. The van der Waals surface area contributed by atoms with Gasteiger partial charge < -0.3 is 28.9 Å². The first-order chi connectivity index (χ1) is 11.4. The molecular formula is C18H40O6Si2. The number of ether oxygens (including phenoxy) is 1. The molecule has 1 aliphatic rings. The van der Waals surface area contributed by atoms with Crippen molar-refractivity contribution in [2.45, 2.75) is 109 Å². The second-order valence-electron chi connectivity index (χ2n) is 10.5. The molecule has 0 amide bonds. The molecule has 0 unspecified atom stereocenters. The van der Waals surface area contributed by atoms with Gasteiger partial charge in [0.2, 0.25) is 0 Å². The van der Waals surface area contributed by atoms with Crippen molar-refractivity contribution >= 4 is 16.6 Å². The summed E-state index contributed by atoms with van der Waals surface area (Å²) in [5.41, 5.74) is 0. The summed E-state index contributed by atoms with van der Waals surface area (Å²) in [6, 6.07) is 0. The van der Waals surface area contributed by atoms with E-state index in [0.717, 1.165) is 0 Å². The Morgan fingerprint density at radius 2 is 1.27 bits per heavy atom. The van der Waals surface area contributed by atoms with Gasteiger partial charge in [-0.15, -0.1) is 0 Å². The molecule has 1 saturated heterocycles. The van der Waals surface area contributed by atoms with Crippen LogP contribution in [0.25, 0.3) is 0 Å². The van der Waals surface area contributed by atoms with Crippen LogP contribution in [0.3, 0.4) is 0 Å². The van der Waals surface area contributed by atoms with Crippen molar-refractivity contribution in [3.8, 4) is 0 Å². The summed E-state index contributed by atoms with van der Waals surface area (Å²) in [6.45, 7) is 21.5. The molecule has 0 radical (unpaired) electrons. The summed E-state index contributed by atoms with van der Waals surface area (Å²) >= 11 is 0. The van der Waals surface area contributed by atoms with E-state index in [1.807, 2.05) is 0 Å². The Kier molecular flexibility index (Phi) is 7.37. The van der Waals surface area contributed by atoms with Crippen LogP contribution in [0.4, 0.5) is 0 Å². The lowest BCUT2D eigenvalue weighted by Gasteiger charge is -2.47. The highest BCUT2D eigenvalue weighted by molar-refractivity contribution is 6.74. The number of aliphatic hydroxyl groups is 3. The van der Waals surface area contributed by atoms with Gasteiger partial charge in [0.1, 0.15) is 24.4 Å². The highest BCUT2D eigenvalue weighted by atomic mass is 28.4. The molecule has 0 spiro atoms. The van der Waals surface area contributed by atoms with Gasteiger partial charge >= 0.3 is 0 Å². The van der Waals surface area contributed by atoms with Crippen molar-refractivity contribution in [2.75, 3.05) is 6.61 Å². The van der Waals surface area contributed by atoms with Gasteiger partial charge in [0, 0.05) is 0 Å². The minimum atomic E-state index is -2.22. The van der Waals surface area contributed by atoms with Crippen LogP contribution < -0.4 is 0 Å². The third-order valence-corrected chi connectivity index (χ3v) is 15.3. The average molecular weight is 409 g/mol. The van der Waals surface area contributed by atoms with E-state index in [9.17, 15) is 15.3 Å². The molecule has 0 aliphatic carbocycles. The summed E-state index contributed by atoms with van der Waals surface area (Å²) in [6.07, 6.45) is -5.43. The molecule has 3 N–H and O–H groups in total. The average Bonchev–Trinajstić information content (AvgIpc) is 2.43. The van der Waals surface area contributed by atoms with Crippen LogP contribution in [0.2, 0.25) is 36.3 Å². The van der Waals surface area contributed by atoms with Crippen LogP contribution in [0.1, 0.15) is 41.5 Å². The van der Waals surface area contributed by atoms with Gasteiger partial charge in [-0.2, -0.15) is 0 Å². The third-order valence-electron chi connectivity index (χ3n) is 6.31. The fourth-order valence-electron chi connectivity index (χ4n) is 2.22. The number of rotatable bonds is 5. The van der Waals surface area contributed by atoms with Crippen LogP contribution in [0.5, 0.6) is 0 Å². The van der Waals surface area contributed by atoms with Gasteiger partial charge in [0.25, 0.3) is 0 Å². The maximum atomic E-state index is 10.6. The van der Waals surface area contributed by atoms with Crippen molar-refractivity contribution in [1.82, 2.24) is 0 Å². The molecule has 26 heavy (non-hydrogen) atoms. The zero-order chi connectivity index (χ0) is 20.7. The molecule has 0 aromatic heterocycles. The van der Waals surface area contributed by atoms with E-state index in [1.54, 1.807) is 0 Å². The van der Waals surface area contributed by atoms with E-state index in [2.05, 4.69) is 67.7 Å². The van der Waals surface area contributed by atoms with E-state index < -0.39 is 47.3 Å². The molecule has 5 atom stereocenters. The minimum absolute atomic E-state index is 0.0359. The third kappa shape index (κ3) is 5.38. The molecule has 6 nitrogen and oxygen atoms in total. The predicted octanol–water partition coefficient (Wildman–Crippen LogP) is 2.84. The number of hydrogen-bond acceptors (Lipinski definition) is 6. The van der Waals surface area contributed by atoms with Crippen molar-refractivity contribution < 1.29 is 28.9 Å². The largest absolute Gasteiger partial charge is 0.414 e. The number of aliphatic hydroxyl groups excluding tert-OH is 3. The monoisotopic (exact) mass is 408 g/mol. The van der Waals surface area contributed by atoms with E-state index in [0.29, 0.717) is 0 Å². The Balaban J connectivity index is 3.01. The predicted molar refractivity (Wildman–Crippen MR) is 108 cm³/mol. The Labute approximate surface area is 161 Å². The van der Waals surface area contributed by atoms with Gasteiger partial charge in [0.15, 0.2) is 22.9 Å². The molecule has 0 aromatic carbocycles. The van der Waals surface area contributed by atoms with Gasteiger partial charge in [-0.1, -0.05) is 41.5 Å². The van der Waals surface area contributed by atoms with Gasteiger partial charge in [-0.3, -0.25) is 0 Å². The first-order valence-electron chi connectivity index (χ1n) is 9.42. The summed E-state index contributed by atoms with van der Waals surface area (Å²) in [4.78, 5) is 0. The summed E-state index contributed by atoms with van der Waals surface area (Å²) in [7, 11) is -4.24. The Bertz CT molecular complexity index is 469. The quantitative estimate of drug-likeness (QED) is 0.606. The molecule has 156 valence electrons. The van der Waals surface area contributed by atoms with Gasteiger partial charge in [0.05, 0.1) is 6.61 Å². The topological polar surface area (TPSA) is 88.4 Å². The summed E-state index contributed by atoms with van der Waals surface area (Å²) in [5, 5.41) is 30.6. The standard InChI is InChI=1S/C18H40O6Si2/c1-17(2,3)25(7,8)22-11-12-15(13(19)14(20)16(21)23-12)24-26(9,10)18(4,5)6/h12-16,19-21H,11H2,1-10H3/t12-,13-,14-,15-,16-/m1/s1. The lowest BCUT2D eigenvalue weighted by molar-refractivity contribution is -0.282. The minimum Gasteiger partial charge on any atom is -0.414 e. The van der Waals surface area contributed by atoms with E-state index in [4.69, 9.17) is 13.6 Å².